The highest BCUT2D eigenvalue weighted by molar-refractivity contribution is 5.85. The summed E-state index contributed by atoms with van der Waals surface area (Å²) in [5.74, 6) is 0.561. The number of anilines is 1. The van der Waals surface area contributed by atoms with Gasteiger partial charge >= 0.3 is 0 Å². The van der Waals surface area contributed by atoms with Gasteiger partial charge in [-0.15, -0.1) is 24.8 Å². The van der Waals surface area contributed by atoms with Crippen molar-refractivity contribution in [2.24, 2.45) is 5.73 Å². The first-order chi connectivity index (χ1) is 4.83. The molecule has 0 fully saturated rings. The molecule has 1 heterocycles. The molecule has 0 atom stereocenters. The Balaban J connectivity index is 0. The van der Waals surface area contributed by atoms with Crippen molar-refractivity contribution >= 4 is 30.6 Å². The maximum Gasteiger partial charge on any atom is 0.123 e. The summed E-state index contributed by atoms with van der Waals surface area (Å²) in [5.41, 5.74) is 11.7. The van der Waals surface area contributed by atoms with Gasteiger partial charge in [-0.1, -0.05) is 6.07 Å². The monoisotopic (exact) mass is 209 g/mol. The number of nitrogens with zero attached hydrogens (tertiary/aromatic N) is 1. The lowest BCUT2D eigenvalue weighted by atomic mass is 10.3. The Morgan fingerprint density at radius 2 is 1.92 bits per heavy atom. The zero-order chi connectivity index (χ0) is 7.40. The SMILES string of the molecule is Cl.Cl.NCCc1cccc(N)n1. The largest absolute Gasteiger partial charge is 0.384 e. The van der Waals surface area contributed by atoms with Gasteiger partial charge in [0.1, 0.15) is 5.82 Å². The average Bonchev–Trinajstić information content (AvgIpc) is 1.88. The molecule has 0 unspecified atom stereocenters. The zero-order valence-electron chi connectivity index (χ0n) is 6.56. The van der Waals surface area contributed by atoms with Crippen LogP contribution < -0.4 is 11.5 Å². The van der Waals surface area contributed by atoms with Crippen LogP contribution in [0, 0.1) is 0 Å². The van der Waals surface area contributed by atoms with Gasteiger partial charge in [0.05, 0.1) is 0 Å². The molecule has 1 aromatic heterocycles. The second kappa shape index (κ2) is 7.16. The minimum atomic E-state index is 0. The van der Waals surface area contributed by atoms with Crippen LogP contribution in [0.3, 0.4) is 0 Å². The summed E-state index contributed by atoms with van der Waals surface area (Å²) in [5, 5.41) is 0. The van der Waals surface area contributed by atoms with E-state index in [-0.39, 0.29) is 24.8 Å². The molecule has 3 nitrogen and oxygen atoms in total. The molecule has 0 aliphatic heterocycles. The van der Waals surface area contributed by atoms with Crippen molar-refractivity contribution in [3.8, 4) is 0 Å². The van der Waals surface area contributed by atoms with Gasteiger partial charge in [-0.2, -0.15) is 0 Å². The van der Waals surface area contributed by atoms with Crippen LogP contribution in [0.2, 0.25) is 0 Å². The molecule has 70 valence electrons. The van der Waals surface area contributed by atoms with E-state index in [1.165, 1.54) is 0 Å². The zero-order valence-corrected chi connectivity index (χ0v) is 8.20. The van der Waals surface area contributed by atoms with E-state index in [0.29, 0.717) is 12.4 Å². The van der Waals surface area contributed by atoms with Crippen molar-refractivity contribution < 1.29 is 0 Å². The van der Waals surface area contributed by atoms with Gasteiger partial charge < -0.3 is 11.5 Å². The van der Waals surface area contributed by atoms with Crippen LogP contribution in [0.15, 0.2) is 18.2 Å². The summed E-state index contributed by atoms with van der Waals surface area (Å²) in [7, 11) is 0. The molecule has 0 aromatic carbocycles. The third kappa shape index (κ3) is 4.38. The molecule has 0 spiro atoms. The smallest absolute Gasteiger partial charge is 0.123 e. The lowest BCUT2D eigenvalue weighted by Crippen LogP contribution is -2.05. The number of nitrogen functional groups attached to an aromatic ring is 1. The summed E-state index contributed by atoms with van der Waals surface area (Å²) in [6.45, 7) is 0.621. The highest BCUT2D eigenvalue weighted by Gasteiger charge is 1.91. The standard InChI is InChI=1S/C7H11N3.2ClH/c8-5-4-6-2-1-3-7(9)10-6;;/h1-3H,4-5,8H2,(H2,9,10);2*1H. The van der Waals surface area contributed by atoms with Crippen LogP contribution in [-0.2, 0) is 6.42 Å². The van der Waals surface area contributed by atoms with Crippen molar-refractivity contribution in [3.05, 3.63) is 23.9 Å². The van der Waals surface area contributed by atoms with Gasteiger partial charge in [0.2, 0.25) is 0 Å². The molecule has 0 saturated heterocycles. The minimum absolute atomic E-state index is 0. The Labute approximate surface area is 84.4 Å². The van der Waals surface area contributed by atoms with E-state index >= 15 is 0 Å². The van der Waals surface area contributed by atoms with E-state index in [4.69, 9.17) is 11.5 Å². The summed E-state index contributed by atoms with van der Waals surface area (Å²) in [4.78, 5) is 4.06. The molecule has 0 bridgehead atoms. The number of pyridine rings is 1. The molecule has 0 aliphatic carbocycles. The number of hydrogen-bond acceptors (Lipinski definition) is 3. The van der Waals surface area contributed by atoms with Crippen LogP contribution in [0.1, 0.15) is 5.69 Å². The first-order valence-electron chi connectivity index (χ1n) is 3.24. The average molecular weight is 210 g/mol. The van der Waals surface area contributed by atoms with Gasteiger partial charge in [-0.25, -0.2) is 4.98 Å². The first-order valence-corrected chi connectivity index (χ1v) is 3.24. The van der Waals surface area contributed by atoms with Crippen LogP contribution >= 0.6 is 24.8 Å². The molecule has 0 amide bonds. The molecule has 4 N–H and O–H groups in total. The second-order valence-electron chi connectivity index (χ2n) is 2.09. The first kappa shape index (κ1) is 14.0. The van der Waals surface area contributed by atoms with E-state index in [9.17, 15) is 0 Å². The number of rotatable bonds is 2. The summed E-state index contributed by atoms with van der Waals surface area (Å²) in [6.07, 6.45) is 0.797. The molecule has 0 aliphatic rings. The predicted octanol–water partition coefficient (Wildman–Crippen LogP) is 1.01. The molecular weight excluding hydrogens is 197 g/mol. The second-order valence-corrected chi connectivity index (χ2v) is 2.09. The fourth-order valence-electron chi connectivity index (χ4n) is 0.785. The Morgan fingerprint density at radius 1 is 1.25 bits per heavy atom. The quantitative estimate of drug-likeness (QED) is 0.765. The maximum atomic E-state index is 5.44. The third-order valence-electron chi connectivity index (χ3n) is 1.23. The fraction of sp³-hybridized carbons (Fsp3) is 0.286. The van der Waals surface area contributed by atoms with Crippen molar-refractivity contribution in [2.45, 2.75) is 6.42 Å². The molecule has 12 heavy (non-hydrogen) atoms. The van der Waals surface area contributed by atoms with Crippen LogP contribution in [0.5, 0.6) is 0 Å². The van der Waals surface area contributed by atoms with E-state index in [1.807, 2.05) is 12.1 Å². The number of aromatic nitrogens is 1. The summed E-state index contributed by atoms with van der Waals surface area (Å²) < 4.78 is 0. The lowest BCUT2D eigenvalue weighted by molar-refractivity contribution is 0.926. The van der Waals surface area contributed by atoms with Crippen LogP contribution in [0.4, 0.5) is 5.82 Å². The number of hydrogen-bond donors (Lipinski definition) is 2. The van der Waals surface area contributed by atoms with Gasteiger partial charge in [0, 0.05) is 12.1 Å². The van der Waals surface area contributed by atoms with E-state index in [1.54, 1.807) is 6.07 Å². The Kier molecular flexibility index (Phi) is 8.37. The maximum absolute atomic E-state index is 5.44. The predicted molar refractivity (Wildman–Crippen MR) is 55.9 cm³/mol. The van der Waals surface area contributed by atoms with Crippen LogP contribution in [0.25, 0.3) is 0 Å². The van der Waals surface area contributed by atoms with Crippen molar-refractivity contribution in [3.63, 3.8) is 0 Å². The molecule has 1 aromatic rings. The number of halogens is 2. The molecule has 0 radical (unpaired) electrons. The van der Waals surface area contributed by atoms with Gasteiger partial charge in [0.15, 0.2) is 0 Å². The van der Waals surface area contributed by atoms with Crippen LogP contribution in [-0.4, -0.2) is 11.5 Å². The van der Waals surface area contributed by atoms with E-state index < -0.39 is 0 Å². The Hall–Kier alpha value is -0.510. The van der Waals surface area contributed by atoms with Crippen molar-refractivity contribution in [1.29, 1.82) is 0 Å². The topological polar surface area (TPSA) is 64.9 Å². The highest BCUT2D eigenvalue weighted by Crippen LogP contribution is 1.99. The normalized spacial score (nSPS) is 8.08. The molecular formula is C7H13Cl2N3. The fourth-order valence-corrected chi connectivity index (χ4v) is 0.785. The van der Waals surface area contributed by atoms with Gasteiger partial charge in [-0.05, 0) is 18.7 Å². The summed E-state index contributed by atoms with van der Waals surface area (Å²) >= 11 is 0. The van der Waals surface area contributed by atoms with Crippen molar-refractivity contribution in [1.82, 2.24) is 4.98 Å². The summed E-state index contributed by atoms with van der Waals surface area (Å²) in [6, 6.07) is 5.57. The van der Waals surface area contributed by atoms with E-state index in [2.05, 4.69) is 4.98 Å². The lowest BCUT2D eigenvalue weighted by Gasteiger charge is -1.97. The van der Waals surface area contributed by atoms with Gasteiger partial charge in [-0.3, -0.25) is 0 Å². The van der Waals surface area contributed by atoms with Gasteiger partial charge in [0.25, 0.3) is 0 Å². The Bertz CT molecular complexity index is 218. The third-order valence-corrected chi connectivity index (χ3v) is 1.23. The minimum Gasteiger partial charge on any atom is -0.384 e. The highest BCUT2D eigenvalue weighted by atomic mass is 35.5. The number of nitrogens with two attached hydrogens (primary N) is 2. The molecule has 5 heteroatoms. The van der Waals surface area contributed by atoms with Crippen molar-refractivity contribution in [2.75, 3.05) is 12.3 Å². The molecule has 1 rings (SSSR count). The Morgan fingerprint density at radius 3 is 2.42 bits per heavy atom. The van der Waals surface area contributed by atoms with E-state index in [0.717, 1.165) is 12.1 Å². The molecule has 0 saturated carbocycles.